The van der Waals surface area contributed by atoms with Crippen LogP contribution in [0.25, 0.3) is 10.9 Å². The molecule has 2 heterocycles. The number of para-hydroxylation sites is 3. The molecule has 0 unspecified atom stereocenters. The molecule has 0 fully saturated rings. The van der Waals surface area contributed by atoms with Gasteiger partial charge in [-0.15, -0.1) is 0 Å². The summed E-state index contributed by atoms with van der Waals surface area (Å²) in [6, 6.07) is 14.1. The Balaban J connectivity index is 1.61. The van der Waals surface area contributed by atoms with Crippen molar-refractivity contribution in [1.29, 1.82) is 0 Å². The van der Waals surface area contributed by atoms with Crippen LogP contribution >= 0.6 is 0 Å². The number of ether oxygens (including phenoxy) is 1. The molecule has 4 rings (SSSR count). The highest BCUT2D eigenvalue weighted by Crippen LogP contribution is 2.33. The summed E-state index contributed by atoms with van der Waals surface area (Å²) in [5.74, 6) is -0.135. The first-order valence-electron chi connectivity index (χ1n) is 9.86. The van der Waals surface area contributed by atoms with Crippen molar-refractivity contribution in [2.75, 3.05) is 18.0 Å². The molecular weight excluding hydrogens is 384 g/mol. The second kappa shape index (κ2) is 8.36. The molecule has 1 aromatic heterocycles. The average molecular weight is 406 g/mol. The van der Waals surface area contributed by atoms with Crippen LogP contribution in [0, 0.1) is 0 Å². The number of amides is 2. The molecule has 0 aliphatic carbocycles. The smallest absolute Gasteiger partial charge is 0.262 e. The second-order valence-corrected chi connectivity index (χ2v) is 7.06. The number of hydrogen-bond donors (Lipinski definition) is 1. The summed E-state index contributed by atoms with van der Waals surface area (Å²) < 4.78 is 7.10. The summed E-state index contributed by atoms with van der Waals surface area (Å²) in [6.45, 7) is 2.38. The molecule has 0 saturated carbocycles. The molecule has 154 valence electrons. The zero-order chi connectivity index (χ0) is 21.1. The van der Waals surface area contributed by atoms with Crippen LogP contribution in [0.5, 0.6) is 5.75 Å². The maximum atomic E-state index is 13.2. The minimum absolute atomic E-state index is 0.0706. The Morgan fingerprint density at radius 2 is 1.93 bits per heavy atom. The molecule has 1 aliphatic rings. The first-order valence-corrected chi connectivity index (χ1v) is 9.86. The molecule has 2 aromatic carbocycles. The van der Waals surface area contributed by atoms with Gasteiger partial charge >= 0.3 is 0 Å². The Kier molecular flexibility index (Phi) is 5.47. The summed E-state index contributed by atoms with van der Waals surface area (Å²) in [4.78, 5) is 44.1. The Morgan fingerprint density at radius 3 is 2.77 bits per heavy atom. The quantitative estimate of drug-likeness (QED) is 0.696. The van der Waals surface area contributed by atoms with Gasteiger partial charge in [0.05, 0.1) is 29.5 Å². The van der Waals surface area contributed by atoms with Crippen molar-refractivity contribution >= 4 is 28.4 Å². The molecule has 0 bridgehead atoms. The van der Waals surface area contributed by atoms with Crippen molar-refractivity contribution in [1.82, 2.24) is 14.9 Å². The number of benzene rings is 2. The van der Waals surface area contributed by atoms with Crippen LogP contribution in [0.4, 0.5) is 5.69 Å². The van der Waals surface area contributed by atoms with Gasteiger partial charge in [-0.05, 0) is 30.7 Å². The minimum atomic E-state index is -0.818. The Hall–Kier alpha value is -3.68. The van der Waals surface area contributed by atoms with E-state index in [0.717, 1.165) is 6.42 Å². The van der Waals surface area contributed by atoms with E-state index in [1.165, 1.54) is 15.8 Å². The van der Waals surface area contributed by atoms with Gasteiger partial charge < -0.3 is 15.0 Å². The largest absolute Gasteiger partial charge is 0.477 e. The number of carbonyl (C=O) groups excluding carboxylic acids is 2. The molecule has 8 nitrogen and oxygen atoms in total. The van der Waals surface area contributed by atoms with Gasteiger partial charge in [0.2, 0.25) is 5.91 Å². The SMILES string of the molecule is CCCNC(=O)[C@H]1CN(C(=O)Cn2cnc3ccccc3c2=O)c2ccccc2O1. The normalized spacial score (nSPS) is 15.4. The van der Waals surface area contributed by atoms with E-state index in [9.17, 15) is 14.4 Å². The van der Waals surface area contributed by atoms with E-state index in [0.29, 0.717) is 28.9 Å². The van der Waals surface area contributed by atoms with E-state index >= 15 is 0 Å². The lowest BCUT2D eigenvalue weighted by atomic mass is 10.1. The van der Waals surface area contributed by atoms with E-state index in [1.54, 1.807) is 48.5 Å². The van der Waals surface area contributed by atoms with Crippen LogP contribution < -0.4 is 20.5 Å². The maximum absolute atomic E-state index is 13.2. The van der Waals surface area contributed by atoms with Crippen molar-refractivity contribution in [3.63, 3.8) is 0 Å². The molecule has 1 N–H and O–H groups in total. The van der Waals surface area contributed by atoms with Crippen LogP contribution in [0.2, 0.25) is 0 Å². The van der Waals surface area contributed by atoms with Crippen molar-refractivity contribution in [3.8, 4) is 5.75 Å². The van der Waals surface area contributed by atoms with Crippen molar-refractivity contribution < 1.29 is 14.3 Å². The molecule has 0 radical (unpaired) electrons. The van der Waals surface area contributed by atoms with Crippen LogP contribution in [0.3, 0.4) is 0 Å². The van der Waals surface area contributed by atoms with Gasteiger partial charge in [-0.25, -0.2) is 4.98 Å². The van der Waals surface area contributed by atoms with Gasteiger partial charge in [-0.1, -0.05) is 31.2 Å². The molecule has 0 saturated heterocycles. The third-order valence-electron chi connectivity index (χ3n) is 4.95. The fourth-order valence-electron chi connectivity index (χ4n) is 3.42. The fraction of sp³-hybridized carbons (Fsp3) is 0.273. The third-order valence-corrected chi connectivity index (χ3v) is 4.95. The molecule has 1 aliphatic heterocycles. The summed E-state index contributed by atoms with van der Waals surface area (Å²) in [7, 11) is 0. The zero-order valence-electron chi connectivity index (χ0n) is 16.6. The molecule has 0 spiro atoms. The molecular formula is C22H22N4O4. The predicted molar refractivity (Wildman–Crippen MR) is 113 cm³/mol. The van der Waals surface area contributed by atoms with Gasteiger partial charge in [0.15, 0.2) is 6.10 Å². The van der Waals surface area contributed by atoms with Crippen molar-refractivity contribution in [2.45, 2.75) is 26.0 Å². The Bertz CT molecular complexity index is 1160. The third kappa shape index (κ3) is 3.76. The van der Waals surface area contributed by atoms with Gasteiger partial charge in [-0.2, -0.15) is 0 Å². The number of nitrogens with one attached hydrogen (secondary N) is 1. The number of hydrogen-bond acceptors (Lipinski definition) is 5. The number of fused-ring (bicyclic) bond motifs is 2. The van der Waals surface area contributed by atoms with E-state index in [2.05, 4.69) is 10.3 Å². The fourth-order valence-corrected chi connectivity index (χ4v) is 3.42. The number of carbonyl (C=O) groups is 2. The average Bonchev–Trinajstić information content (AvgIpc) is 2.78. The van der Waals surface area contributed by atoms with Gasteiger partial charge in [0.25, 0.3) is 11.5 Å². The van der Waals surface area contributed by atoms with Crippen LogP contribution in [-0.4, -0.2) is 40.6 Å². The topological polar surface area (TPSA) is 93.5 Å². The number of aromatic nitrogens is 2. The Morgan fingerprint density at radius 1 is 1.17 bits per heavy atom. The van der Waals surface area contributed by atoms with Crippen LogP contribution in [-0.2, 0) is 16.1 Å². The van der Waals surface area contributed by atoms with Crippen molar-refractivity contribution in [2.24, 2.45) is 0 Å². The molecule has 30 heavy (non-hydrogen) atoms. The lowest BCUT2D eigenvalue weighted by Crippen LogP contribution is -2.51. The van der Waals surface area contributed by atoms with Gasteiger partial charge in [0.1, 0.15) is 12.3 Å². The van der Waals surface area contributed by atoms with E-state index in [1.807, 2.05) is 6.92 Å². The van der Waals surface area contributed by atoms with Crippen LogP contribution in [0.15, 0.2) is 59.7 Å². The van der Waals surface area contributed by atoms with Gasteiger partial charge in [0, 0.05) is 6.54 Å². The lowest BCUT2D eigenvalue weighted by molar-refractivity contribution is -0.128. The number of rotatable bonds is 5. The second-order valence-electron chi connectivity index (χ2n) is 7.06. The Labute approximate surface area is 173 Å². The maximum Gasteiger partial charge on any atom is 0.262 e. The van der Waals surface area contributed by atoms with Gasteiger partial charge in [-0.3, -0.25) is 19.0 Å². The molecule has 3 aromatic rings. The van der Waals surface area contributed by atoms with Crippen molar-refractivity contribution in [3.05, 3.63) is 65.2 Å². The lowest BCUT2D eigenvalue weighted by Gasteiger charge is -2.34. The molecule has 1 atom stereocenters. The standard InChI is InChI=1S/C22H22N4O4/c1-2-11-23-21(28)19-12-26(17-9-5-6-10-18(17)30-19)20(27)13-25-14-24-16-8-4-3-7-15(16)22(25)29/h3-10,14,19H,2,11-13H2,1H3,(H,23,28)/t19-/m1/s1. The zero-order valence-corrected chi connectivity index (χ0v) is 16.6. The first kappa shape index (κ1) is 19.6. The number of anilines is 1. The van der Waals surface area contributed by atoms with Crippen LogP contribution in [0.1, 0.15) is 13.3 Å². The summed E-state index contributed by atoms with van der Waals surface area (Å²) >= 11 is 0. The predicted octanol–water partition coefficient (Wildman–Crippen LogP) is 1.72. The molecule has 2 amide bonds. The van der Waals surface area contributed by atoms with E-state index < -0.39 is 6.10 Å². The highest BCUT2D eigenvalue weighted by molar-refractivity contribution is 5.97. The summed E-state index contributed by atoms with van der Waals surface area (Å²) in [5, 5.41) is 3.26. The highest BCUT2D eigenvalue weighted by Gasteiger charge is 2.33. The monoisotopic (exact) mass is 406 g/mol. The van der Waals surface area contributed by atoms with E-state index in [4.69, 9.17) is 4.74 Å². The van der Waals surface area contributed by atoms with E-state index in [-0.39, 0.29) is 30.5 Å². The minimum Gasteiger partial charge on any atom is -0.477 e. The molecule has 8 heteroatoms. The summed E-state index contributed by atoms with van der Waals surface area (Å²) in [5.41, 5.74) is 0.868. The first-order chi connectivity index (χ1) is 14.6. The highest BCUT2D eigenvalue weighted by atomic mass is 16.5. The summed E-state index contributed by atoms with van der Waals surface area (Å²) in [6.07, 6.45) is 1.36. The number of nitrogens with zero attached hydrogens (tertiary/aromatic N) is 3.